The summed E-state index contributed by atoms with van der Waals surface area (Å²) in [5.74, 6) is 0.656. The van der Waals surface area contributed by atoms with Gasteiger partial charge in [0.2, 0.25) is 11.9 Å². The lowest BCUT2D eigenvalue weighted by Gasteiger charge is -2.28. The first-order chi connectivity index (χ1) is 11.7. The molecule has 0 spiro atoms. The molecular weight excluding hydrogens is 304 g/mol. The maximum absolute atomic E-state index is 12.4. The van der Waals surface area contributed by atoms with E-state index in [2.05, 4.69) is 19.9 Å². The van der Waals surface area contributed by atoms with Gasteiger partial charge in [-0.3, -0.25) is 14.7 Å². The Kier molecular flexibility index (Phi) is 4.22. The van der Waals surface area contributed by atoms with Gasteiger partial charge in [-0.2, -0.15) is 0 Å². The number of hydrogen-bond donors (Lipinski definition) is 1. The van der Waals surface area contributed by atoms with Gasteiger partial charge >= 0.3 is 0 Å². The molecule has 0 radical (unpaired) electrons. The van der Waals surface area contributed by atoms with Crippen LogP contribution in [0.2, 0.25) is 0 Å². The third kappa shape index (κ3) is 3.02. The van der Waals surface area contributed by atoms with E-state index in [1.165, 1.54) is 6.42 Å². The number of ether oxygens (including phenoxy) is 1. The maximum atomic E-state index is 12.4. The summed E-state index contributed by atoms with van der Waals surface area (Å²) in [6.07, 6.45) is 7.15. The molecule has 1 saturated heterocycles. The number of fused-ring (bicyclic) bond motifs is 1. The Morgan fingerprint density at radius 1 is 1.29 bits per heavy atom. The van der Waals surface area contributed by atoms with Gasteiger partial charge in [0.15, 0.2) is 5.65 Å². The molecular formula is C18H24N4O2. The lowest BCUT2D eigenvalue weighted by molar-refractivity contribution is -0.116. The summed E-state index contributed by atoms with van der Waals surface area (Å²) >= 11 is 0. The first-order valence-corrected chi connectivity index (χ1v) is 8.98. The molecule has 0 aromatic carbocycles. The van der Waals surface area contributed by atoms with E-state index in [1.807, 2.05) is 19.1 Å². The van der Waals surface area contributed by atoms with Gasteiger partial charge in [-0.05, 0) is 57.6 Å². The number of carbonyl (C=O) groups excluding carboxylic acids is 1. The molecule has 6 heteroatoms. The molecule has 1 aliphatic carbocycles. The zero-order valence-electron chi connectivity index (χ0n) is 14.1. The molecule has 0 bridgehead atoms. The van der Waals surface area contributed by atoms with Crippen LogP contribution < -0.4 is 5.32 Å². The Bertz CT molecular complexity index is 745. The van der Waals surface area contributed by atoms with Crippen molar-refractivity contribution in [3.05, 3.63) is 17.8 Å². The largest absolute Gasteiger partial charge is 0.378 e. The SMILES string of the molecule is Cc1ccc2nc(NC(=O)CC[C@@H]3CCCO3)n(C3CCC3)c2n1. The number of aromatic nitrogens is 3. The van der Waals surface area contributed by atoms with Crippen molar-refractivity contribution >= 4 is 23.0 Å². The number of aryl methyl sites for hydroxylation is 1. The van der Waals surface area contributed by atoms with Crippen molar-refractivity contribution in [1.29, 1.82) is 0 Å². The Hall–Kier alpha value is -1.95. The summed E-state index contributed by atoms with van der Waals surface area (Å²) in [5.41, 5.74) is 2.70. The van der Waals surface area contributed by atoms with E-state index in [0.717, 1.165) is 55.6 Å². The van der Waals surface area contributed by atoms with E-state index < -0.39 is 0 Å². The average molecular weight is 328 g/mol. The van der Waals surface area contributed by atoms with Crippen molar-refractivity contribution in [1.82, 2.24) is 14.5 Å². The highest BCUT2D eigenvalue weighted by Gasteiger charge is 2.26. The third-order valence-electron chi connectivity index (χ3n) is 5.08. The molecule has 2 aromatic heterocycles. The smallest absolute Gasteiger partial charge is 0.226 e. The van der Waals surface area contributed by atoms with E-state index >= 15 is 0 Å². The molecule has 0 unspecified atom stereocenters. The van der Waals surface area contributed by atoms with Crippen LogP contribution in [0.1, 0.15) is 56.7 Å². The van der Waals surface area contributed by atoms with Crippen molar-refractivity contribution in [3.8, 4) is 0 Å². The van der Waals surface area contributed by atoms with Crippen LogP contribution in [0.5, 0.6) is 0 Å². The van der Waals surface area contributed by atoms with Crippen LogP contribution in [0.25, 0.3) is 11.2 Å². The fourth-order valence-corrected chi connectivity index (χ4v) is 3.50. The fraction of sp³-hybridized carbons (Fsp3) is 0.611. The first-order valence-electron chi connectivity index (χ1n) is 8.98. The highest BCUT2D eigenvalue weighted by molar-refractivity contribution is 5.91. The number of nitrogens with zero attached hydrogens (tertiary/aromatic N) is 3. The van der Waals surface area contributed by atoms with Crippen LogP contribution in [0.4, 0.5) is 5.95 Å². The summed E-state index contributed by atoms with van der Waals surface area (Å²) < 4.78 is 7.71. The average Bonchev–Trinajstić information content (AvgIpc) is 3.13. The molecule has 128 valence electrons. The molecule has 4 rings (SSSR count). The van der Waals surface area contributed by atoms with Gasteiger partial charge < -0.3 is 4.74 Å². The molecule has 1 aliphatic heterocycles. The van der Waals surface area contributed by atoms with Crippen molar-refractivity contribution in [2.45, 2.75) is 64.0 Å². The minimum atomic E-state index is 0.0121. The molecule has 2 fully saturated rings. The number of anilines is 1. The summed E-state index contributed by atoms with van der Waals surface area (Å²) in [5, 5.41) is 3.01. The summed E-state index contributed by atoms with van der Waals surface area (Å²) in [6.45, 7) is 2.81. The quantitative estimate of drug-likeness (QED) is 0.914. The zero-order chi connectivity index (χ0) is 16.5. The van der Waals surface area contributed by atoms with Crippen LogP contribution in [-0.2, 0) is 9.53 Å². The standard InChI is InChI=1S/C18H24N4O2/c1-12-7-9-15-17(19-12)22(13-4-2-5-13)18(20-15)21-16(23)10-8-14-6-3-11-24-14/h7,9,13-14H,2-6,8,10-11H2,1H3,(H,20,21,23)/t14-/m0/s1. The first kappa shape index (κ1) is 15.6. The topological polar surface area (TPSA) is 69.0 Å². The second kappa shape index (κ2) is 6.51. The number of carbonyl (C=O) groups is 1. The second-order valence-corrected chi connectivity index (χ2v) is 6.91. The van der Waals surface area contributed by atoms with Gasteiger partial charge in [0.25, 0.3) is 0 Å². The van der Waals surface area contributed by atoms with Crippen LogP contribution in [-0.4, -0.2) is 33.2 Å². The number of rotatable bonds is 5. The molecule has 2 aliphatic rings. The van der Waals surface area contributed by atoms with Gasteiger partial charge in [-0.1, -0.05) is 0 Å². The molecule has 24 heavy (non-hydrogen) atoms. The lowest BCUT2D eigenvalue weighted by atomic mass is 9.93. The summed E-state index contributed by atoms with van der Waals surface area (Å²) in [6, 6.07) is 4.34. The maximum Gasteiger partial charge on any atom is 0.226 e. The van der Waals surface area contributed by atoms with Crippen molar-refractivity contribution in [3.63, 3.8) is 0 Å². The van der Waals surface area contributed by atoms with Gasteiger partial charge in [-0.25, -0.2) is 9.97 Å². The van der Waals surface area contributed by atoms with Crippen molar-refractivity contribution in [2.75, 3.05) is 11.9 Å². The molecule has 3 heterocycles. The monoisotopic (exact) mass is 328 g/mol. The third-order valence-corrected chi connectivity index (χ3v) is 5.08. The number of nitrogens with one attached hydrogen (secondary N) is 1. The summed E-state index contributed by atoms with van der Waals surface area (Å²) in [7, 11) is 0. The highest BCUT2D eigenvalue weighted by Crippen LogP contribution is 2.36. The van der Waals surface area contributed by atoms with Gasteiger partial charge in [0.05, 0.1) is 6.10 Å². The van der Waals surface area contributed by atoms with Crippen LogP contribution in [0.3, 0.4) is 0 Å². The van der Waals surface area contributed by atoms with Gasteiger partial charge in [0.1, 0.15) is 5.52 Å². The summed E-state index contributed by atoms with van der Waals surface area (Å²) in [4.78, 5) is 21.6. The van der Waals surface area contributed by atoms with Crippen LogP contribution >= 0.6 is 0 Å². The van der Waals surface area contributed by atoms with Crippen molar-refractivity contribution < 1.29 is 9.53 Å². The number of hydrogen-bond acceptors (Lipinski definition) is 4. The Morgan fingerprint density at radius 2 is 2.17 bits per heavy atom. The predicted octanol–water partition coefficient (Wildman–Crippen LogP) is 3.36. The van der Waals surface area contributed by atoms with Gasteiger partial charge in [0, 0.05) is 24.8 Å². The molecule has 6 nitrogen and oxygen atoms in total. The minimum Gasteiger partial charge on any atom is -0.378 e. The fourth-order valence-electron chi connectivity index (χ4n) is 3.50. The van der Waals surface area contributed by atoms with E-state index in [1.54, 1.807) is 0 Å². The van der Waals surface area contributed by atoms with Crippen LogP contribution in [0.15, 0.2) is 12.1 Å². The molecule has 2 aromatic rings. The predicted molar refractivity (Wildman–Crippen MR) is 92.0 cm³/mol. The van der Waals surface area contributed by atoms with Crippen molar-refractivity contribution in [2.24, 2.45) is 0 Å². The molecule has 1 saturated carbocycles. The Balaban J connectivity index is 1.53. The molecule has 1 amide bonds. The Morgan fingerprint density at radius 3 is 2.88 bits per heavy atom. The van der Waals surface area contributed by atoms with E-state index in [9.17, 15) is 4.79 Å². The number of pyridine rings is 1. The van der Waals surface area contributed by atoms with Gasteiger partial charge in [-0.15, -0.1) is 0 Å². The van der Waals surface area contributed by atoms with Crippen LogP contribution in [0, 0.1) is 6.92 Å². The van der Waals surface area contributed by atoms with E-state index in [4.69, 9.17) is 4.74 Å². The number of imidazole rings is 1. The molecule has 1 atom stereocenters. The van der Waals surface area contributed by atoms with E-state index in [0.29, 0.717) is 18.4 Å². The molecule has 1 N–H and O–H groups in total. The normalized spacial score (nSPS) is 21.1. The minimum absolute atomic E-state index is 0.0121. The Labute approximate surface area is 141 Å². The van der Waals surface area contributed by atoms with E-state index in [-0.39, 0.29) is 12.0 Å². The highest BCUT2D eigenvalue weighted by atomic mass is 16.5. The number of amides is 1. The zero-order valence-corrected chi connectivity index (χ0v) is 14.1. The second-order valence-electron chi connectivity index (χ2n) is 6.91. The lowest BCUT2D eigenvalue weighted by Crippen LogP contribution is -2.23.